The second-order valence-corrected chi connectivity index (χ2v) is 38.0. The van der Waals surface area contributed by atoms with Gasteiger partial charge in [0.2, 0.25) is 0 Å². The first kappa shape index (κ1) is 81.1. The Morgan fingerprint density at radius 1 is 0.121 bits per heavy atom. The monoisotopic (exact) mass is 1790 g/mol. The first-order valence-corrected chi connectivity index (χ1v) is 49.0. The summed E-state index contributed by atoms with van der Waals surface area (Å²) in [5.41, 5.74) is 26.0. The Labute approximate surface area is 814 Å². The number of aryl methyl sites for hydroxylation is 2. The van der Waals surface area contributed by atoms with Crippen LogP contribution in [0.4, 0.5) is 0 Å². The van der Waals surface area contributed by atoms with Gasteiger partial charge >= 0.3 is 0 Å². The molecule has 27 aromatic carbocycles. The SMILES string of the molecule is Cc1ccc2c(-c3ccc(-n4c5ccc6ccccc6c5c5c6ccccc6ccc54)cc3)c3cc(C)ccc3c(-c3ccccc3)c2c1.c1ccc2c(-c3ccc(-n4c5ccc6ccccc6c5c5c6ccccc6ccc54)cc3)c3ccccc3cc2c1.c1ccc2cc(-c3c4ccccc4c(-c4ccc(-n5c6ccc7ccccc7c6c6c7ccccc7ccc65)cc4)c4ccccc34)ccc2c1. The normalized spacial score (nSPS) is 11.9. The van der Waals surface area contributed by atoms with E-state index in [1.54, 1.807) is 0 Å². The van der Waals surface area contributed by atoms with E-state index in [1.165, 1.54) is 278 Å². The second-order valence-electron chi connectivity index (χ2n) is 38.0. The van der Waals surface area contributed by atoms with Crippen LogP contribution in [0.3, 0.4) is 0 Å². The van der Waals surface area contributed by atoms with Crippen molar-refractivity contribution in [1.29, 1.82) is 0 Å². The van der Waals surface area contributed by atoms with Crippen molar-refractivity contribution >= 4 is 205 Å². The third-order valence-corrected chi connectivity index (χ3v) is 30.1. The highest BCUT2D eigenvalue weighted by atomic mass is 15.0. The van der Waals surface area contributed by atoms with E-state index in [4.69, 9.17) is 0 Å². The van der Waals surface area contributed by atoms with E-state index in [-0.39, 0.29) is 0 Å². The number of aromatic nitrogens is 3. The Morgan fingerprint density at radius 3 is 0.645 bits per heavy atom. The van der Waals surface area contributed by atoms with Gasteiger partial charge in [0.25, 0.3) is 0 Å². The summed E-state index contributed by atoms with van der Waals surface area (Å²) in [7, 11) is 0. The molecule has 0 N–H and O–H groups in total. The molecule has 141 heavy (non-hydrogen) atoms. The molecule has 0 fully saturated rings. The molecule has 0 aliphatic heterocycles. The zero-order chi connectivity index (χ0) is 93.0. The third-order valence-electron chi connectivity index (χ3n) is 30.1. The molecule has 0 aliphatic carbocycles. The summed E-state index contributed by atoms with van der Waals surface area (Å²) in [5, 5.41) is 41.1. The average Bonchev–Trinajstić information content (AvgIpc) is 1.40. The Balaban J connectivity index is 0.000000104. The minimum absolute atomic E-state index is 1.16. The maximum Gasteiger partial charge on any atom is 0.0547 e. The maximum absolute atomic E-state index is 2.45. The highest BCUT2D eigenvalue weighted by Gasteiger charge is 2.26. The zero-order valence-corrected chi connectivity index (χ0v) is 77.8. The minimum atomic E-state index is 1.16. The lowest BCUT2D eigenvalue weighted by molar-refractivity contribution is 1.18. The van der Waals surface area contributed by atoms with E-state index >= 15 is 0 Å². The molecule has 3 heterocycles. The average molecular weight is 1790 g/mol. The van der Waals surface area contributed by atoms with Gasteiger partial charge in [-0.25, -0.2) is 0 Å². The van der Waals surface area contributed by atoms with Crippen molar-refractivity contribution in [1.82, 2.24) is 13.7 Å². The molecular formula is C138H89N3. The standard InChI is InChI=1S/C50H31N.C48H33N.C40H25N/c1-2-14-36-31-37(22-21-32(36)11-1)48-43-19-9-7-17-41(43)47(42-18-8-10-20-44(42)48)35-23-27-38(28-24-35)51-45-29-25-33-12-3-5-15-39(33)49(45)50-40-16-6-4-13-34(40)26-30-46(50)51;1-30-17-25-40-41(28-30)45(34-12-4-3-5-13-34)39-24-16-31(2)29-42(39)46(40)35-18-22-36(23-19-35)49-43-26-20-32-10-6-8-14-37(32)47(43)48-38-15-9-7-11-33(38)21-27-44(48)49;1-5-13-32-26(9-1)19-23-36-39(32)40-33-14-6-2-10-27(33)20-24-37(40)41(36)31-21-17-28(18-22-31)38-34-15-7-3-11-29(34)25-30-12-4-8-16-35(30)38/h1-31H;3-29H,1-2H3;1-25H. The number of hydrogen-bond acceptors (Lipinski definition) is 0. The minimum Gasteiger partial charge on any atom is -0.309 e. The Kier molecular flexibility index (Phi) is 18.8. The van der Waals surface area contributed by atoms with E-state index in [0.717, 1.165) is 11.4 Å². The lowest BCUT2D eigenvalue weighted by atomic mass is 9.85. The summed E-state index contributed by atoms with van der Waals surface area (Å²) in [5.74, 6) is 0. The van der Waals surface area contributed by atoms with Gasteiger partial charge in [0, 0.05) is 49.4 Å². The summed E-state index contributed by atoms with van der Waals surface area (Å²) in [4.78, 5) is 0. The molecule has 30 aromatic rings. The highest BCUT2D eigenvalue weighted by molar-refractivity contribution is 6.33. The van der Waals surface area contributed by atoms with Gasteiger partial charge in [-0.15, -0.1) is 0 Å². The Hall–Kier alpha value is -18.3. The van der Waals surface area contributed by atoms with E-state index in [9.17, 15) is 0 Å². The molecule has 0 bridgehead atoms. The molecule has 0 radical (unpaired) electrons. The smallest absolute Gasteiger partial charge is 0.0547 e. The first-order chi connectivity index (χ1) is 69.8. The second kappa shape index (κ2) is 32.8. The van der Waals surface area contributed by atoms with Crippen LogP contribution in [0.5, 0.6) is 0 Å². The van der Waals surface area contributed by atoms with Crippen molar-refractivity contribution in [3.05, 3.63) is 515 Å². The van der Waals surface area contributed by atoms with Gasteiger partial charge in [0.05, 0.1) is 33.1 Å². The van der Waals surface area contributed by atoms with Gasteiger partial charge in [-0.05, 0) is 294 Å². The Morgan fingerprint density at radius 2 is 0.333 bits per heavy atom. The number of rotatable bonds is 8. The van der Waals surface area contributed by atoms with Crippen LogP contribution in [-0.4, -0.2) is 13.7 Å². The van der Waals surface area contributed by atoms with Gasteiger partial charge in [-0.1, -0.05) is 430 Å². The van der Waals surface area contributed by atoms with Gasteiger partial charge in [-0.3, -0.25) is 0 Å². The topological polar surface area (TPSA) is 14.8 Å². The zero-order valence-electron chi connectivity index (χ0n) is 77.8. The molecule has 656 valence electrons. The van der Waals surface area contributed by atoms with Crippen LogP contribution in [0.15, 0.2) is 504 Å². The largest absolute Gasteiger partial charge is 0.309 e. The van der Waals surface area contributed by atoms with E-state index < -0.39 is 0 Å². The predicted octanol–water partition coefficient (Wildman–Crippen LogP) is 38.3. The maximum atomic E-state index is 2.45. The molecule has 0 saturated carbocycles. The van der Waals surface area contributed by atoms with Gasteiger partial charge < -0.3 is 13.7 Å². The van der Waals surface area contributed by atoms with Crippen molar-refractivity contribution in [2.75, 3.05) is 0 Å². The van der Waals surface area contributed by atoms with Crippen molar-refractivity contribution in [3.8, 4) is 72.7 Å². The Bertz CT molecular complexity index is 10100. The lowest BCUT2D eigenvalue weighted by Crippen LogP contribution is -1.95. The molecule has 0 spiro atoms. The fourth-order valence-electron chi connectivity index (χ4n) is 23.9. The van der Waals surface area contributed by atoms with Crippen LogP contribution in [0.2, 0.25) is 0 Å². The summed E-state index contributed by atoms with van der Waals surface area (Å²) < 4.78 is 7.34. The van der Waals surface area contributed by atoms with Gasteiger partial charge in [0.1, 0.15) is 0 Å². The van der Waals surface area contributed by atoms with Crippen molar-refractivity contribution in [2.24, 2.45) is 0 Å². The summed E-state index contributed by atoms with van der Waals surface area (Å²) in [6, 6.07) is 185. The fraction of sp³-hybridized carbons (Fsp3) is 0.0145. The third kappa shape index (κ3) is 13.0. The molecule has 3 aromatic heterocycles. The van der Waals surface area contributed by atoms with Gasteiger partial charge in [-0.2, -0.15) is 0 Å². The fourth-order valence-corrected chi connectivity index (χ4v) is 23.9. The van der Waals surface area contributed by atoms with Crippen LogP contribution >= 0.6 is 0 Å². The highest BCUT2D eigenvalue weighted by Crippen LogP contribution is 2.51. The van der Waals surface area contributed by atoms with Crippen LogP contribution < -0.4 is 0 Å². The molecule has 0 aliphatic rings. The van der Waals surface area contributed by atoms with E-state index in [2.05, 4.69) is 531 Å². The molecule has 0 atom stereocenters. The summed E-state index contributed by atoms with van der Waals surface area (Å²) in [6.45, 7) is 4.39. The lowest BCUT2D eigenvalue weighted by Gasteiger charge is -2.19. The molecule has 0 unspecified atom stereocenters. The molecule has 0 saturated heterocycles. The van der Waals surface area contributed by atoms with Crippen molar-refractivity contribution in [3.63, 3.8) is 0 Å². The molecule has 0 amide bonds. The number of hydrogen-bond donors (Lipinski definition) is 0. The van der Waals surface area contributed by atoms with E-state index in [0.29, 0.717) is 0 Å². The number of fused-ring (bicyclic) bond motifs is 28. The summed E-state index contributed by atoms with van der Waals surface area (Å²) >= 11 is 0. The molecule has 3 nitrogen and oxygen atoms in total. The van der Waals surface area contributed by atoms with Gasteiger partial charge in [0.15, 0.2) is 0 Å². The van der Waals surface area contributed by atoms with Crippen LogP contribution in [0, 0.1) is 13.8 Å². The molecule has 3 heteroatoms. The molecule has 30 rings (SSSR count). The van der Waals surface area contributed by atoms with E-state index in [1.807, 2.05) is 0 Å². The van der Waals surface area contributed by atoms with Crippen LogP contribution in [0.25, 0.3) is 278 Å². The predicted molar refractivity (Wildman–Crippen MR) is 607 cm³/mol. The number of benzene rings is 27. The molecular weight excluding hydrogens is 1700 g/mol. The number of nitrogens with zero attached hydrogens (tertiary/aromatic N) is 3. The van der Waals surface area contributed by atoms with Crippen LogP contribution in [0.1, 0.15) is 11.1 Å². The summed E-state index contributed by atoms with van der Waals surface area (Å²) in [6.07, 6.45) is 0. The van der Waals surface area contributed by atoms with Crippen LogP contribution in [-0.2, 0) is 0 Å². The van der Waals surface area contributed by atoms with Crippen molar-refractivity contribution in [2.45, 2.75) is 13.8 Å². The quantitative estimate of drug-likeness (QED) is 0.135. The van der Waals surface area contributed by atoms with Crippen molar-refractivity contribution < 1.29 is 0 Å². The first-order valence-electron chi connectivity index (χ1n) is 49.0.